The van der Waals surface area contributed by atoms with Crippen LogP contribution in [0.1, 0.15) is 24.5 Å². The summed E-state index contributed by atoms with van der Waals surface area (Å²) in [7, 11) is 0. The van der Waals surface area contributed by atoms with Crippen molar-refractivity contribution in [2.75, 3.05) is 0 Å². The Bertz CT molecular complexity index is 1220. The fourth-order valence-corrected chi connectivity index (χ4v) is 5.87. The van der Waals surface area contributed by atoms with E-state index in [9.17, 15) is 13.2 Å². The predicted octanol–water partition coefficient (Wildman–Crippen LogP) is 8.04. The largest absolute Gasteiger partial charge is 0.410 e. The summed E-state index contributed by atoms with van der Waals surface area (Å²) in [4.78, 5) is 1.48. The van der Waals surface area contributed by atoms with E-state index in [2.05, 4.69) is 12.1 Å². The third kappa shape index (κ3) is 3.85. The number of thiophene rings is 2. The van der Waals surface area contributed by atoms with Crippen LogP contribution in [0.3, 0.4) is 0 Å². The number of hydrogen-bond donors (Lipinski definition) is 1. The maximum absolute atomic E-state index is 14.5. The summed E-state index contributed by atoms with van der Waals surface area (Å²) in [6.45, 7) is 2.05. The van der Waals surface area contributed by atoms with Gasteiger partial charge in [0.2, 0.25) is 0 Å². The molecule has 4 rings (SSSR count). The minimum absolute atomic E-state index is 0.253. The molecule has 2 heterocycles. The molecule has 0 aliphatic carbocycles. The van der Waals surface area contributed by atoms with Gasteiger partial charge < -0.3 is 5.21 Å². The molecule has 0 saturated heterocycles. The average molecular weight is 466 g/mol. The van der Waals surface area contributed by atoms with Gasteiger partial charge in [0, 0.05) is 24.7 Å². The highest BCUT2D eigenvalue weighted by atomic mass is 35.5. The first-order chi connectivity index (χ1) is 14.4. The SMILES string of the molecule is CCCc1ccc(-c2cc3sc(-c4cc(F)c(/C(Cl)=N/O)c(F)c4)cc3s2)c(F)c1. The quantitative estimate of drug-likeness (QED) is 0.180. The Labute approximate surface area is 183 Å². The molecule has 0 aliphatic rings. The second kappa shape index (κ2) is 8.41. The summed E-state index contributed by atoms with van der Waals surface area (Å²) >= 11 is 8.35. The van der Waals surface area contributed by atoms with Crippen molar-refractivity contribution >= 4 is 48.8 Å². The van der Waals surface area contributed by atoms with Gasteiger partial charge in [0.05, 0.1) is 5.56 Å². The molecule has 0 unspecified atom stereocenters. The first-order valence-corrected chi connectivity index (χ1v) is 11.1. The maximum Gasteiger partial charge on any atom is 0.181 e. The fraction of sp³-hybridized carbons (Fsp3) is 0.136. The Kier molecular flexibility index (Phi) is 5.86. The third-order valence-electron chi connectivity index (χ3n) is 4.67. The predicted molar refractivity (Wildman–Crippen MR) is 119 cm³/mol. The first-order valence-electron chi connectivity index (χ1n) is 9.10. The number of oxime groups is 1. The van der Waals surface area contributed by atoms with E-state index >= 15 is 0 Å². The summed E-state index contributed by atoms with van der Waals surface area (Å²) < 4.78 is 44.9. The van der Waals surface area contributed by atoms with Crippen molar-refractivity contribution in [1.29, 1.82) is 0 Å². The van der Waals surface area contributed by atoms with Gasteiger partial charge in [-0.2, -0.15) is 0 Å². The zero-order valence-electron chi connectivity index (χ0n) is 15.7. The smallest absolute Gasteiger partial charge is 0.181 e. The van der Waals surface area contributed by atoms with E-state index in [-0.39, 0.29) is 5.82 Å². The van der Waals surface area contributed by atoms with Crippen LogP contribution in [0.15, 0.2) is 47.6 Å². The van der Waals surface area contributed by atoms with E-state index in [1.807, 2.05) is 18.2 Å². The maximum atomic E-state index is 14.5. The zero-order chi connectivity index (χ0) is 21.4. The normalized spacial score (nSPS) is 12.1. The van der Waals surface area contributed by atoms with Gasteiger partial charge in [-0.05, 0) is 47.9 Å². The van der Waals surface area contributed by atoms with Gasteiger partial charge in [0.15, 0.2) is 5.17 Å². The van der Waals surface area contributed by atoms with Crippen LogP contribution in [-0.4, -0.2) is 10.4 Å². The molecule has 0 atom stereocenters. The molecule has 0 radical (unpaired) electrons. The number of aryl methyl sites for hydroxylation is 1. The molecule has 8 heteroatoms. The summed E-state index contributed by atoms with van der Waals surface area (Å²) in [5.74, 6) is -2.09. The summed E-state index contributed by atoms with van der Waals surface area (Å²) in [6.07, 6.45) is 1.79. The zero-order valence-corrected chi connectivity index (χ0v) is 18.1. The Balaban J connectivity index is 1.69. The van der Waals surface area contributed by atoms with Gasteiger partial charge in [-0.3, -0.25) is 0 Å². The van der Waals surface area contributed by atoms with E-state index < -0.39 is 22.4 Å². The van der Waals surface area contributed by atoms with Crippen molar-refractivity contribution in [2.45, 2.75) is 19.8 Å². The monoisotopic (exact) mass is 465 g/mol. The molecule has 0 fully saturated rings. The van der Waals surface area contributed by atoms with Gasteiger partial charge in [0.25, 0.3) is 0 Å². The molecule has 0 saturated carbocycles. The Hall–Kier alpha value is -2.35. The molecule has 2 aromatic heterocycles. The van der Waals surface area contributed by atoms with E-state index in [1.54, 1.807) is 12.1 Å². The topological polar surface area (TPSA) is 32.6 Å². The van der Waals surface area contributed by atoms with Crippen LogP contribution in [0.5, 0.6) is 0 Å². The van der Waals surface area contributed by atoms with Gasteiger partial charge >= 0.3 is 0 Å². The molecule has 0 bridgehead atoms. The number of benzene rings is 2. The molecule has 0 aliphatic heterocycles. The van der Waals surface area contributed by atoms with Gasteiger partial charge in [-0.1, -0.05) is 42.2 Å². The van der Waals surface area contributed by atoms with Crippen LogP contribution in [-0.2, 0) is 6.42 Å². The van der Waals surface area contributed by atoms with Gasteiger partial charge in [-0.15, -0.1) is 22.7 Å². The van der Waals surface area contributed by atoms with Crippen LogP contribution < -0.4 is 0 Å². The summed E-state index contributed by atoms with van der Waals surface area (Å²) in [5.41, 5.74) is 1.29. The highest BCUT2D eigenvalue weighted by Crippen LogP contribution is 2.42. The van der Waals surface area contributed by atoms with Crippen molar-refractivity contribution in [2.24, 2.45) is 5.16 Å². The lowest BCUT2D eigenvalue weighted by molar-refractivity contribution is 0.320. The molecule has 154 valence electrons. The number of halogens is 4. The molecule has 0 spiro atoms. The second-order valence-electron chi connectivity index (χ2n) is 6.72. The first kappa shape index (κ1) is 20.9. The molecule has 1 N–H and O–H groups in total. The van der Waals surface area contributed by atoms with E-state index in [1.165, 1.54) is 22.7 Å². The van der Waals surface area contributed by atoms with E-state index in [0.29, 0.717) is 16.0 Å². The molecule has 0 amide bonds. The molecule has 4 aromatic rings. The Morgan fingerprint density at radius 3 is 2.17 bits per heavy atom. The van der Waals surface area contributed by atoms with Gasteiger partial charge in [0.1, 0.15) is 17.5 Å². The lowest BCUT2D eigenvalue weighted by Crippen LogP contribution is -2.01. The standard InChI is InChI=1S/C22H15ClF3NOS2/c1-2-3-11-4-5-13(14(24)6-11)18-10-20-19(30-18)9-17(29-20)12-7-15(25)21(16(26)8-12)22(23)27-28/h4-10,28H,2-3H2,1H3/b27-22-. The van der Waals surface area contributed by atoms with E-state index in [0.717, 1.165) is 44.8 Å². The number of fused-ring (bicyclic) bond motifs is 1. The van der Waals surface area contributed by atoms with Crippen molar-refractivity contribution < 1.29 is 18.4 Å². The van der Waals surface area contributed by atoms with Crippen LogP contribution in [0.25, 0.3) is 30.3 Å². The van der Waals surface area contributed by atoms with Crippen molar-refractivity contribution in [3.8, 4) is 20.9 Å². The number of rotatable bonds is 5. The van der Waals surface area contributed by atoms with Crippen LogP contribution in [0.4, 0.5) is 13.2 Å². The molecular formula is C22H15ClF3NOS2. The molecule has 2 nitrogen and oxygen atoms in total. The minimum Gasteiger partial charge on any atom is -0.410 e. The molecule has 2 aromatic carbocycles. The molecular weight excluding hydrogens is 451 g/mol. The van der Waals surface area contributed by atoms with Crippen LogP contribution in [0, 0.1) is 17.5 Å². The van der Waals surface area contributed by atoms with Crippen LogP contribution >= 0.6 is 34.3 Å². The number of nitrogens with zero attached hydrogens (tertiary/aromatic N) is 1. The fourth-order valence-electron chi connectivity index (χ4n) is 3.28. The Morgan fingerprint density at radius 2 is 1.57 bits per heavy atom. The summed E-state index contributed by atoms with van der Waals surface area (Å²) in [6, 6.07) is 11.3. The highest BCUT2D eigenvalue weighted by Gasteiger charge is 2.18. The number of hydrogen-bond acceptors (Lipinski definition) is 4. The van der Waals surface area contributed by atoms with Crippen molar-refractivity contribution in [3.63, 3.8) is 0 Å². The Morgan fingerprint density at radius 1 is 0.933 bits per heavy atom. The minimum atomic E-state index is -0.917. The average Bonchev–Trinajstić information content (AvgIpc) is 3.26. The van der Waals surface area contributed by atoms with Crippen LogP contribution in [0.2, 0.25) is 0 Å². The summed E-state index contributed by atoms with van der Waals surface area (Å²) in [5, 5.41) is 10.7. The highest BCUT2D eigenvalue weighted by molar-refractivity contribution is 7.31. The van der Waals surface area contributed by atoms with E-state index in [4.69, 9.17) is 16.8 Å². The second-order valence-corrected chi connectivity index (χ2v) is 9.25. The lowest BCUT2D eigenvalue weighted by atomic mass is 10.1. The lowest BCUT2D eigenvalue weighted by Gasteiger charge is -2.05. The third-order valence-corrected chi connectivity index (χ3v) is 7.31. The van der Waals surface area contributed by atoms with Crippen molar-refractivity contribution in [3.05, 3.63) is 71.0 Å². The van der Waals surface area contributed by atoms with Crippen molar-refractivity contribution in [1.82, 2.24) is 0 Å². The van der Waals surface area contributed by atoms with Gasteiger partial charge in [-0.25, -0.2) is 13.2 Å². The molecule has 30 heavy (non-hydrogen) atoms.